The van der Waals surface area contributed by atoms with E-state index < -0.39 is 0 Å². The molecule has 0 fully saturated rings. The molecule has 0 bridgehead atoms. The van der Waals surface area contributed by atoms with Crippen LogP contribution in [0.5, 0.6) is 0 Å². The van der Waals surface area contributed by atoms with Gasteiger partial charge in [-0.05, 0) is 66.0 Å². The highest BCUT2D eigenvalue weighted by molar-refractivity contribution is 6.42. The van der Waals surface area contributed by atoms with E-state index in [1.807, 2.05) is 0 Å². The molecule has 4 aromatic rings. The summed E-state index contributed by atoms with van der Waals surface area (Å²) in [6, 6.07) is 30.4. The number of hydrogen-bond acceptors (Lipinski definition) is 1. The van der Waals surface area contributed by atoms with Gasteiger partial charge in [-0.25, -0.2) is 0 Å². The molecule has 0 amide bonds. The topological polar surface area (TPSA) is 7.12 Å². The minimum absolute atomic E-state index is 0.801. The quantitative estimate of drug-likeness (QED) is 0.123. The van der Waals surface area contributed by atoms with E-state index >= 15 is 0 Å². The van der Waals surface area contributed by atoms with Crippen molar-refractivity contribution in [2.45, 2.75) is 58.9 Å². The zero-order valence-corrected chi connectivity index (χ0v) is 26.7. The molecule has 0 radical (unpaired) electrons. The first-order chi connectivity index (χ1) is 21.7. The van der Waals surface area contributed by atoms with E-state index in [1.165, 1.54) is 70.4 Å². The lowest BCUT2D eigenvalue weighted by molar-refractivity contribution is -0.673. The normalized spacial score (nSPS) is 16.1. The van der Waals surface area contributed by atoms with Crippen LogP contribution >= 0.6 is 11.6 Å². The Bertz CT molecular complexity index is 1800. The number of benzene rings is 3. The Morgan fingerprint density at radius 2 is 1.45 bits per heavy atom. The molecule has 2 nitrogen and oxygen atoms in total. The highest BCUT2D eigenvalue weighted by atomic mass is 35.5. The fourth-order valence-corrected chi connectivity index (χ4v) is 6.71. The van der Waals surface area contributed by atoms with Crippen molar-refractivity contribution in [3.63, 3.8) is 0 Å². The Hall–Kier alpha value is -4.14. The number of aromatic nitrogens is 1. The van der Waals surface area contributed by atoms with Crippen molar-refractivity contribution in [1.29, 1.82) is 0 Å². The van der Waals surface area contributed by atoms with Gasteiger partial charge in [0.05, 0.1) is 5.03 Å². The molecule has 0 saturated carbocycles. The smallest absolute Gasteiger partial charge is 0.212 e. The van der Waals surface area contributed by atoms with Crippen LogP contribution in [0.3, 0.4) is 0 Å². The fourth-order valence-electron chi connectivity index (χ4n) is 6.38. The number of unbranched alkanes of at least 4 members (excludes halogenated alkanes) is 4. The second-order valence-electron chi connectivity index (χ2n) is 11.7. The Labute approximate surface area is 268 Å². The van der Waals surface area contributed by atoms with Gasteiger partial charge in [0.15, 0.2) is 0 Å². The van der Waals surface area contributed by atoms with Gasteiger partial charge in [-0.1, -0.05) is 111 Å². The van der Waals surface area contributed by atoms with Gasteiger partial charge in [0.1, 0.15) is 6.54 Å². The molecule has 44 heavy (non-hydrogen) atoms. The Kier molecular flexibility index (Phi) is 9.58. The van der Waals surface area contributed by atoms with E-state index in [2.05, 4.69) is 145 Å². The standard InChI is InChI=1S/C41H42ClN2/c1-3-5-13-29-43-33(23-21-31-15-7-11-19-39(31)43)25-27-37-35-17-9-10-18-36(35)38(41(37)42)28-26-34-24-22-32-16-8-12-20-40(32)44(34)30-14-6-4-2/h7-12,15-28H,3-6,13-14,29-30H2,1-2H3/q+1. The highest BCUT2D eigenvalue weighted by Gasteiger charge is 2.24. The summed E-state index contributed by atoms with van der Waals surface area (Å²) in [5.74, 6) is 0. The summed E-state index contributed by atoms with van der Waals surface area (Å²) in [6.45, 7) is 6.52. The van der Waals surface area contributed by atoms with Crippen LogP contribution in [0.2, 0.25) is 0 Å². The van der Waals surface area contributed by atoms with Crippen LogP contribution < -0.4 is 9.47 Å². The van der Waals surface area contributed by atoms with Crippen LogP contribution in [0.1, 0.15) is 74.8 Å². The van der Waals surface area contributed by atoms with E-state index in [1.54, 1.807) is 0 Å². The third-order valence-electron chi connectivity index (χ3n) is 8.74. The number of fused-ring (bicyclic) bond motifs is 3. The van der Waals surface area contributed by atoms with Crippen molar-refractivity contribution in [3.05, 3.63) is 142 Å². The number of rotatable bonds is 11. The SMILES string of the molecule is CCCCCN1/C(=C/C=C2C(Cl)=C(/C=C/c3ccc4ccccc4[n+]3CCCCC)c3ccccc3/2)C=Cc2ccccc21. The first-order valence-electron chi connectivity index (χ1n) is 16.3. The predicted molar refractivity (Wildman–Crippen MR) is 190 cm³/mol. The lowest BCUT2D eigenvalue weighted by Gasteiger charge is -2.30. The molecule has 222 valence electrons. The minimum Gasteiger partial charge on any atom is -0.341 e. The van der Waals surface area contributed by atoms with Crippen molar-refractivity contribution in [2.75, 3.05) is 11.4 Å². The summed E-state index contributed by atoms with van der Waals surface area (Å²) in [6.07, 6.45) is 20.6. The molecule has 1 aliphatic carbocycles. The van der Waals surface area contributed by atoms with Gasteiger partial charge in [0, 0.05) is 59.1 Å². The number of hydrogen-bond donors (Lipinski definition) is 0. The van der Waals surface area contributed by atoms with Gasteiger partial charge >= 0.3 is 0 Å². The van der Waals surface area contributed by atoms with Crippen molar-refractivity contribution in [1.82, 2.24) is 0 Å². The number of pyridine rings is 1. The van der Waals surface area contributed by atoms with Crippen LogP contribution in [0.25, 0.3) is 34.2 Å². The third kappa shape index (κ3) is 6.23. The summed E-state index contributed by atoms with van der Waals surface area (Å²) in [5.41, 5.74) is 10.7. The average molecular weight is 598 g/mol. The van der Waals surface area contributed by atoms with Gasteiger partial charge < -0.3 is 4.90 Å². The predicted octanol–water partition coefficient (Wildman–Crippen LogP) is 11.0. The summed E-state index contributed by atoms with van der Waals surface area (Å²) in [7, 11) is 0. The van der Waals surface area contributed by atoms with Gasteiger partial charge in [-0.2, -0.15) is 4.57 Å². The zero-order valence-electron chi connectivity index (χ0n) is 26.0. The van der Waals surface area contributed by atoms with Crippen molar-refractivity contribution in [2.24, 2.45) is 0 Å². The number of nitrogens with zero attached hydrogens (tertiary/aromatic N) is 2. The average Bonchev–Trinajstić information content (AvgIpc) is 3.33. The maximum absolute atomic E-state index is 7.24. The first kappa shape index (κ1) is 29.9. The van der Waals surface area contributed by atoms with Crippen molar-refractivity contribution in [3.8, 4) is 0 Å². The number of allylic oxidation sites excluding steroid dienone is 7. The molecule has 2 aliphatic rings. The van der Waals surface area contributed by atoms with Crippen LogP contribution in [-0.2, 0) is 6.54 Å². The van der Waals surface area contributed by atoms with Crippen molar-refractivity contribution < 1.29 is 4.57 Å². The molecule has 0 saturated heterocycles. The summed E-state index contributed by atoms with van der Waals surface area (Å²) in [5, 5.41) is 2.07. The number of halogens is 1. The van der Waals surface area contributed by atoms with E-state index in [9.17, 15) is 0 Å². The largest absolute Gasteiger partial charge is 0.341 e. The van der Waals surface area contributed by atoms with E-state index in [0.29, 0.717) is 0 Å². The molecule has 1 aromatic heterocycles. The number of para-hydroxylation sites is 2. The monoisotopic (exact) mass is 597 g/mol. The summed E-state index contributed by atoms with van der Waals surface area (Å²) >= 11 is 7.24. The Morgan fingerprint density at radius 3 is 2.32 bits per heavy atom. The first-order valence-corrected chi connectivity index (χ1v) is 16.6. The number of aryl methyl sites for hydroxylation is 1. The fraction of sp³-hybridized carbons (Fsp3) is 0.244. The Morgan fingerprint density at radius 1 is 0.705 bits per heavy atom. The summed E-state index contributed by atoms with van der Waals surface area (Å²) in [4.78, 5) is 2.46. The molecule has 6 rings (SSSR count). The molecule has 0 unspecified atom stereocenters. The lowest BCUT2D eigenvalue weighted by atomic mass is 10.0. The van der Waals surface area contributed by atoms with Gasteiger partial charge in [-0.15, -0.1) is 0 Å². The molecule has 2 heterocycles. The van der Waals surface area contributed by atoms with Crippen LogP contribution in [0, 0.1) is 0 Å². The zero-order chi connectivity index (χ0) is 30.3. The molecule has 0 N–H and O–H groups in total. The maximum atomic E-state index is 7.24. The molecular formula is C41H42ClN2+. The number of anilines is 1. The van der Waals surface area contributed by atoms with Crippen molar-refractivity contribution >= 4 is 51.5 Å². The van der Waals surface area contributed by atoms with Crippen LogP contribution in [0.4, 0.5) is 5.69 Å². The molecule has 3 aromatic carbocycles. The minimum atomic E-state index is 0.801. The van der Waals surface area contributed by atoms with E-state index in [0.717, 1.165) is 42.1 Å². The van der Waals surface area contributed by atoms with Gasteiger partial charge in [-0.3, -0.25) is 0 Å². The van der Waals surface area contributed by atoms with Crippen LogP contribution in [0.15, 0.2) is 120 Å². The maximum Gasteiger partial charge on any atom is 0.212 e. The van der Waals surface area contributed by atoms with Crippen LogP contribution in [-0.4, -0.2) is 6.54 Å². The molecule has 0 atom stereocenters. The molecule has 3 heteroatoms. The summed E-state index contributed by atoms with van der Waals surface area (Å²) < 4.78 is 2.46. The second-order valence-corrected chi connectivity index (χ2v) is 12.1. The molecule has 0 spiro atoms. The molecule has 1 aliphatic heterocycles. The second kappa shape index (κ2) is 14.1. The Balaban J connectivity index is 1.37. The van der Waals surface area contributed by atoms with Gasteiger partial charge in [0.25, 0.3) is 0 Å². The van der Waals surface area contributed by atoms with E-state index in [-0.39, 0.29) is 0 Å². The molecular weight excluding hydrogens is 556 g/mol. The van der Waals surface area contributed by atoms with E-state index in [4.69, 9.17) is 11.6 Å². The lowest BCUT2D eigenvalue weighted by Crippen LogP contribution is -2.38. The highest BCUT2D eigenvalue weighted by Crippen LogP contribution is 2.44. The van der Waals surface area contributed by atoms with Gasteiger partial charge in [0.2, 0.25) is 11.2 Å². The third-order valence-corrected chi connectivity index (χ3v) is 9.15.